The Morgan fingerprint density at radius 3 is 2.30 bits per heavy atom. The highest BCUT2D eigenvalue weighted by Gasteiger charge is 2.15. The number of rotatable bonds is 4. The summed E-state index contributed by atoms with van der Waals surface area (Å²) in [7, 11) is -1.51. The number of benzene rings is 1. The number of halogens is 1. The first-order chi connectivity index (χ1) is 9.31. The van der Waals surface area contributed by atoms with Crippen molar-refractivity contribution >= 4 is 26.0 Å². The summed E-state index contributed by atoms with van der Waals surface area (Å²) in [5.74, 6) is 0. The molecule has 0 aliphatic rings. The molecule has 1 aromatic heterocycles. The lowest BCUT2D eigenvalue weighted by Gasteiger charge is -2.07. The molecule has 20 heavy (non-hydrogen) atoms. The summed E-state index contributed by atoms with van der Waals surface area (Å²) < 4.78 is 29.9. The van der Waals surface area contributed by atoms with Crippen LogP contribution in [0.1, 0.15) is 17.0 Å². The van der Waals surface area contributed by atoms with Crippen molar-refractivity contribution in [2.24, 2.45) is 7.05 Å². The Balaban J connectivity index is 2.17. The summed E-state index contributed by atoms with van der Waals surface area (Å²) in [6.45, 7) is 4.28. The van der Waals surface area contributed by atoms with Gasteiger partial charge in [-0.15, -0.1) is 0 Å². The second kappa shape index (κ2) is 5.71. The molecule has 0 saturated carbocycles. The number of sulfonamides is 1. The molecular formula is C14H17BrN2O2S. The molecule has 108 valence electrons. The third-order valence-corrected chi connectivity index (χ3v) is 5.40. The Labute approximate surface area is 128 Å². The van der Waals surface area contributed by atoms with Gasteiger partial charge in [0.15, 0.2) is 0 Å². The van der Waals surface area contributed by atoms with Crippen molar-refractivity contribution in [2.45, 2.75) is 25.3 Å². The summed E-state index contributed by atoms with van der Waals surface area (Å²) >= 11 is 3.29. The van der Waals surface area contributed by atoms with Crippen molar-refractivity contribution in [1.29, 1.82) is 0 Å². The van der Waals surface area contributed by atoms with Crippen molar-refractivity contribution in [3.63, 3.8) is 0 Å². The van der Waals surface area contributed by atoms with E-state index in [1.807, 2.05) is 31.5 Å². The van der Waals surface area contributed by atoms with Gasteiger partial charge in [-0.05, 0) is 49.7 Å². The van der Waals surface area contributed by atoms with E-state index in [9.17, 15) is 8.42 Å². The van der Waals surface area contributed by atoms with E-state index in [-0.39, 0.29) is 4.90 Å². The zero-order chi connectivity index (χ0) is 14.9. The Bertz CT molecular complexity index is 718. The standard InChI is InChI=1S/C14H17BrN2O2S/c1-10-8-12(11(2)17(10)3)9-16-20(18,19)14-6-4-13(15)5-7-14/h4-8,16H,9H2,1-3H3. The molecule has 0 atom stereocenters. The van der Waals surface area contributed by atoms with Gasteiger partial charge in [-0.25, -0.2) is 13.1 Å². The van der Waals surface area contributed by atoms with Gasteiger partial charge in [-0.3, -0.25) is 0 Å². The normalized spacial score (nSPS) is 11.8. The summed E-state index contributed by atoms with van der Waals surface area (Å²) in [4.78, 5) is 0.269. The molecule has 0 bridgehead atoms. The third kappa shape index (κ3) is 3.13. The molecule has 2 rings (SSSR count). The second-order valence-electron chi connectivity index (χ2n) is 4.73. The van der Waals surface area contributed by atoms with Crippen LogP contribution in [0, 0.1) is 13.8 Å². The molecule has 6 heteroatoms. The van der Waals surface area contributed by atoms with Crippen molar-refractivity contribution in [1.82, 2.24) is 9.29 Å². The minimum atomic E-state index is -3.48. The zero-order valence-corrected chi connectivity index (χ0v) is 14.0. The Morgan fingerprint density at radius 2 is 1.80 bits per heavy atom. The quantitative estimate of drug-likeness (QED) is 0.915. The molecule has 0 fully saturated rings. The van der Waals surface area contributed by atoms with Gasteiger partial charge in [0, 0.05) is 29.5 Å². The van der Waals surface area contributed by atoms with E-state index in [4.69, 9.17) is 0 Å². The number of hydrogen-bond donors (Lipinski definition) is 1. The molecule has 0 aliphatic carbocycles. The maximum atomic E-state index is 12.2. The molecule has 0 amide bonds. The molecule has 0 radical (unpaired) electrons. The first-order valence-corrected chi connectivity index (χ1v) is 8.46. The number of aromatic nitrogens is 1. The van der Waals surface area contributed by atoms with Crippen LogP contribution < -0.4 is 4.72 Å². The van der Waals surface area contributed by atoms with E-state index >= 15 is 0 Å². The van der Waals surface area contributed by atoms with E-state index in [1.54, 1.807) is 24.3 Å². The SMILES string of the molecule is Cc1cc(CNS(=O)(=O)c2ccc(Br)cc2)c(C)n1C. The second-order valence-corrected chi connectivity index (χ2v) is 7.42. The van der Waals surface area contributed by atoms with Crippen LogP contribution >= 0.6 is 15.9 Å². The molecule has 2 aromatic rings. The van der Waals surface area contributed by atoms with Crippen LogP contribution in [0.5, 0.6) is 0 Å². The first-order valence-electron chi connectivity index (χ1n) is 6.18. The fraction of sp³-hybridized carbons (Fsp3) is 0.286. The van der Waals surface area contributed by atoms with Crippen molar-refractivity contribution in [2.75, 3.05) is 0 Å². The predicted octanol–water partition coefficient (Wildman–Crippen LogP) is 2.88. The topological polar surface area (TPSA) is 51.1 Å². The molecule has 4 nitrogen and oxygen atoms in total. The highest BCUT2D eigenvalue weighted by atomic mass is 79.9. The maximum Gasteiger partial charge on any atom is 0.240 e. The van der Waals surface area contributed by atoms with Crippen LogP contribution in [0.4, 0.5) is 0 Å². The number of aryl methyl sites for hydroxylation is 1. The highest BCUT2D eigenvalue weighted by molar-refractivity contribution is 9.10. The summed E-state index contributed by atoms with van der Waals surface area (Å²) in [6, 6.07) is 8.59. The van der Waals surface area contributed by atoms with Crippen LogP contribution in [-0.2, 0) is 23.6 Å². The largest absolute Gasteiger partial charge is 0.352 e. The molecule has 1 aromatic carbocycles. The summed E-state index contributed by atoms with van der Waals surface area (Å²) in [5, 5.41) is 0. The van der Waals surface area contributed by atoms with Crippen LogP contribution in [-0.4, -0.2) is 13.0 Å². The molecule has 0 spiro atoms. The van der Waals surface area contributed by atoms with Crippen LogP contribution in [0.3, 0.4) is 0 Å². The van der Waals surface area contributed by atoms with E-state index in [1.165, 1.54) is 0 Å². The molecule has 0 saturated heterocycles. The fourth-order valence-electron chi connectivity index (χ4n) is 1.98. The van der Waals surface area contributed by atoms with E-state index < -0.39 is 10.0 Å². The third-order valence-electron chi connectivity index (χ3n) is 3.46. The van der Waals surface area contributed by atoms with Crippen molar-refractivity contribution < 1.29 is 8.42 Å². The monoisotopic (exact) mass is 356 g/mol. The molecule has 1 N–H and O–H groups in total. The van der Waals surface area contributed by atoms with Gasteiger partial charge in [-0.1, -0.05) is 15.9 Å². The van der Waals surface area contributed by atoms with Gasteiger partial charge in [0.05, 0.1) is 4.90 Å². The van der Waals surface area contributed by atoms with Crippen LogP contribution in [0.2, 0.25) is 0 Å². The minimum absolute atomic E-state index is 0.269. The van der Waals surface area contributed by atoms with E-state index in [2.05, 4.69) is 20.7 Å². The Morgan fingerprint density at radius 1 is 1.20 bits per heavy atom. The predicted molar refractivity (Wildman–Crippen MR) is 83.1 cm³/mol. The van der Waals surface area contributed by atoms with Gasteiger partial charge in [0.2, 0.25) is 10.0 Å². The molecule has 0 aliphatic heterocycles. The highest BCUT2D eigenvalue weighted by Crippen LogP contribution is 2.16. The summed E-state index contributed by atoms with van der Waals surface area (Å²) in [5.41, 5.74) is 3.17. The lowest BCUT2D eigenvalue weighted by molar-refractivity contribution is 0.581. The van der Waals surface area contributed by atoms with Gasteiger partial charge >= 0.3 is 0 Å². The van der Waals surface area contributed by atoms with E-state index in [0.717, 1.165) is 21.4 Å². The van der Waals surface area contributed by atoms with Gasteiger partial charge in [0.25, 0.3) is 0 Å². The molecule has 1 heterocycles. The molecular weight excluding hydrogens is 340 g/mol. The average Bonchev–Trinajstić information content (AvgIpc) is 2.64. The van der Waals surface area contributed by atoms with Crippen molar-refractivity contribution in [3.05, 3.63) is 51.8 Å². The Hall–Kier alpha value is -1.11. The lowest BCUT2D eigenvalue weighted by atomic mass is 10.2. The van der Waals surface area contributed by atoms with Crippen LogP contribution in [0.15, 0.2) is 39.7 Å². The number of hydrogen-bond acceptors (Lipinski definition) is 2. The average molecular weight is 357 g/mol. The smallest absolute Gasteiger partial charge is 0.240 e. The number of nitrogens with zero attached hydrogens (tertiary/aromatic N) is 1. The van der Waals surface area contributed by atoms with Crippen LogP contribution in [0.25, 0.3) is 0 Å². The Kier molecular flexibility index (Phi) is 4.36. The first kappa shape index (κ1) is 15.3. The maximum absolute atomic E-state index is 12.2. The summed E-state index contributed by atoms with van der Waals surface area (Å²) in [6.07, 6.45) is 0. The molecule has 0 unspecified atom stereocenters. The van der Waals surface area contributed by atoms with Gasteiger partial charge in [0.1, 0.15) is 0 Å². The van der Waals surface area contributed by atoms with E-state index in [0.29, 0.717) is 6.54 Å². The van der Waals surface area contributed by atoms with Crippen molar-refractivity contribution in [3.8, 4) is 0 Å². The van der Waals surface area contributed by atoms with Gasteiger partial charge < -0.3 is 4.57 Å². The lowest BCUT2D eigenvalue weighted by Crippen LogP contribution is -2.23. The van der Waals surface area contributed by atoms with Gasteiger partial charge in [-0.2, -0.15) is 0 Å². The fourth-order valence-corrected chi connectivity index (χ4v) is 3.25. The zero-order valence-electron chi connectivity index (χ0n) is 11.6. The number of nitrogens with one attached hydrogen (secondary N) is 1. The minimum Gasteiger partial charge on any atom is -0.352 e.